The normalized spacial score (nSPS) is 17.9. The van der Waals surface area contributed by atoms with E-state index in [1.54, 1.807) is 0 Å². The molecule has 1 amide bonds. The van der Waals surface area contributed by atoms with Crippen LogP contribution in [0.1, 0.15) is 38.5 Å². The molecular formula is C12H17N3O5. The SMILES string of the molecule is [N-]=[N+]=CC(=O)CC[C@H](NC(=O)C1(O)CCCC1)C(=O)O. The molecule has 1 saturated carbocycles. The molecule has 8 nitrogen and oxygen atoms in total. The van der Waals surface area contributed by atoms with Crippen LogP contribution in [0.4, 0.5) is 0 Å². The molecule has 0 heterocycles. The zero-order valence-corrected chi connectivity index (χ0v) is 10.9. The molecule has 0 aromatic carbocycles. The van der Waals surface area contributed by atoms with Gasteiger partial charge in [-0.1, -0.05) is 0 Å². The third-order valence-corrected chi connectivity index (χ3v) is 3.34. The number of aliphatic carboxylic acids is 1. The van der Waals surface area contributed by atoms with Gasteiger partial charge in [0.25, 0.3) is 5.91 Å². The fourth-order valence-electron chi connectivity index (χ4n) is 2.15. The average molecular weight is 283 g/mol. The number of carbonyl (C=O) groups excluding carboxylic acids is 2. The summed E-state index contributed by atoms with van der Waals surface area (Å²) >= 11 is 0. The molecule has 0 saturated heterocycles. The first-order valence-corrected chi connectivity index (χ1v) is 6.35. The van der Waals surface area contributed by atoms with Gasteiger partial charge in [-0.3, -0.25) is 9.59 Å². The Labute approximate surface area is 115 Å². The summed E-state index contributed by atoms with van der Waals surface area (Å²) in [5, 5.41) is 21.3. The predicted octanol–water partition coefficient (Wildman–Crippen LogP) is -0.489. The van der Waals surface area contributed by atoms with Gasteiger partial charge in [-0.2, -0.15) is 4.79 Å². The molecule has 1 fully saturated rings. The van der Waals surface area contributed by atoms with Gasteiger partial charge in [-0.05, 0) is 32.1 Å². The molecule has 1 aliphatic carbocycles. The maximum absolute atomic E-state index is 11.9. The van der Waals surface area contributed by atoms with E-state index in [4.69, 9.17) is 10.6 Å². The summed E-state index contributed by atoms with van der Waals surface area (Å²) in [4.78, 5) is 36.6. The lowest BCUT2D eigenvalue weighted by Gasteiger charge is -2.23. The number of Topliss-reactive ketones (excluding diaryl/α,β-unsaturated/α-hetero) is 1. The molecule has 0 radical (unpaired) electrons. The van der Waals surface area contributed by atoms with E-state index in [1.807, 2.05) is 0 Å². The number of rotatable bonds is 7. The van der Waals surface area contributed by atoms with Crippen molar-refractivity contribution in [2.24, 2.45) is 0 Å². The highest BCUT2D eigenvalue weighted by molar-refractivity contribution is 6.25. The van der Waals surface area contributed by atoms with Crippen LogP contribution in [0.3, 0.4) is 0 Å². The Balaban J connectivity index is 2.58. The van der Waals surface area contributed by atoms with Crippen molar-refractivity contribution < 1.29 is 29.4 Å². The smallest absolute Gasteiger partial charge is 0.326 e. The first-order valence-electron chi connectivity index (χ1n) is 6.35. The Morgan fingerprint density at radius 3 is 2.45 bits per heavy atom. The van der Waals surface area contributed by atoms with Gasteiger partial charge in [-0.15, -0.1) is 0 Å². The predicted molar refractivity (Wildman–Crippen MR) is 66.9 cm³/mol. The third kappa shape index (κ3) is 4.25. The van der Waals surface area contributed by atoms with Gasteiger partial charge >= 0.3 is 12.2 Å². The van der Waals surface area contributed by atoms with Crippen molar-refractivity contribution in [3.63, 3.8) is 0 Å². The number of amides is 1. The van der Waals surface area contributed by atoms with E-state index in [2.05, 4.69) is 10.1 Å². The number of aliphatic hydroxyl groups is 1. The first-order chi connectivity index (χ1) is 9.39. The number of carboxylic acid groups (broad SMARTS) is 1. The fraction of sp³-hybridized carbons (Fsp3) is 0.667. The Morgan fingerprint density at radius 2 is 1.95 bits per heavy atom. The number of carbonyl (C=O) groups is 3. The molecule has 0 unspecified atom stereocenters. The summed E-state index contributed by atoms with van der Waals surface area (Å²) in [6, 6.07) is -1.26. The van der Waals surface area contributed by atoms with Crippen molar-refractivity contribution in [2.45, 2.75) is 50.2 Å². The fourth-order valence-corrected chi connectivity index (χ4v) is 2.15. The highest BCUT2D eigenvalue weighted by Gasteiger charge is 2.40. The van der Waals surface area contributed by atoms with Gasteiger partial charge in [0, 0.05) is 6.42 Å². The summed E-state index contributed by atoms with van der Waals surface area (Å²) < 4.78 is 0. The largest absolute Gasteiger partial charge is 0.480 e. The van der Waals surface area contributed by atoms with Crippen molar-refractivity contribution in [1.29, 1.82) is 0 Å². The van der Waals surface area contributed by atoms with E-state index < -0.39 is 29.3 Å². The molecule has 0 aliphatic heterocycles. The third-order valence-electron chi connectivity index (χ3n) is 3.34. The van der Waals surface area contributed by atoms with Crippen LogP contribution < -0.4 is 5.32 Å². The molecule has 1 aliphatic rings. The van der Waals surface area contributed by atoms with Crippen LogP contribution in [-0.2, 0) is 14.4 Å². The lowest BCUT2D eigenvalue weighted by atomic mass is 10.00. The maximum atomic E-state index is 11.9. The molecule has 8 heteroatoms. The van der Waals surface area contributed by atoms with Crippen LogP contribution in [-0.4, -0.2) is 50.5 Å². The van der Waals surface area contributed by atoms with Gasteiger partial charge in [0.2, 0.25) is 5.78 Å². The Bertz CT molecular complexity index is 450. The second-order valence-corrected chi connectivity index (χ2v) is 4.85. The molecule has 0 aromatic heterocycles. The van der Waals surface area contributed by atoms with Crippen LogP contribution >= 0.6 is 0 Å². The molecule has 0 bridgehead atoms. The van der Waals surface area contributed by atoms with Gasteiger partial charge in [0.15, 0.2) is 0 Å². The van der Waals surface area contributed by atoms with E-state index in [1.165, 1.54) is 0 Å². The molecule has 3 N–H and O–H groups in total. The van der Waals surface area contributed by atoms with Crippen LogP contribution in [0.25, 0.3) is 5.53 Å². The summed E-state index contributed by atoms with van der Waals surface area (Å²) in [6.07, 6.45) is 2.40. The highest BCUT2D eigenvalue weighted by Crippen LogP contribution is 2.29. The molecule has 20 heavy (non-hydrogen) atoms. The number of hydrogen-bond acceptors (Lipinski definition) is 4. The number of hydrogen-bond donors (Lipinski definition) is 3. The standard InChI is InChI=1S/C12H17N3O5/c13-14-7-8(16)3-4-9(10(17)18)15-11(19)12(20)5-1-2-6-12/h7,9,20H,1-6H2,(H,15,19)(H,17,18)/t9-/m0/s1. The van der Waals surface area contributed by atoms with Crippen molar-refractivity contribution in [3.05, 3.63) is 5.53 Å². The summed E-state index contributed by atoms with van der Waals surface area (Å²) in [5.41, 5.74) is 6.65. The molecule has 1 atom stereocenters. The minimum atomic E-state index is -1.51. The Kier molecular flexibility index (Phi) is 5.54. The zero-order valence-electron chi connectivity index (χ0n) is 10.9. The van der Waals surface area contributed by atoms with Crippen LogP contribution in [0.15, 0.2) is 0 Å². The van der Waals surface area contributed by atoms with Crippen molar-refractivity contribution in [3.8, 4) is 0 Å². The van der Waals surface area contributed by atoms with Crippen molar-refractivity contribution in [2.75, 3.05) is 0 Å². The summed E-state index contributed by atoms with van der Waals surface area (Å²) in [5.74, 6) is -2.55. The zero-order chi connectivity index (χ0) is 15.2. The van der Waals surface area contributed by atoms with Crippen LogP contribution in [0.2, 0.25) is 0 Å². The minimum Gasteiger partial charge on any atom is -0.480 e. The minimum absolute atomic E-state index is 0.137. The lowest BCUT2D eigenvalue weighted by molar-refractivity contribution is -0.147. The molecule has 0 spiro atoms. The van der Waals surface area contributed by atoms with Gasteiger partial charge in [0.1, 0.15) is 11.6 Å². The quantitative estimate of drug-likeness (QED) is 0.328. The number of ketones is 1. The van der Waals surface area contributed by atoms with Crippen molar-refractivity contribution in [1.82, 2.24) is 5.32 Å². The Morgan fingerprint density at radius 1 is 1.35 bits per heavy atom. The van der Waals surface area contributed by atoms with E-state index >= 15 is 0 Å². The van der Waals surface area contributed by atoms with Crippen LogP contribution in [0, 0.1) is 0 Å². The molecule has 110 valence electrons. The number of nitrogens with zero attached hydrogens (tertiary/aromatic N) is 2. The van der Waals surface area contributed by atoms with E-state index in [0.29, 0.717) is 31.9 Å². The second kappa shape index (κ2) is 6.93. The summed E-state index contributed by atoms with van der Waals surface area (Å²) in [6.45, 7) is 0. The first kappa shape index (κ1) is 16.0. The highest BCUT2D eigenvalue weighted by atomic mass is 16.4. The van der Waals surface area contributed by atoms with E-state index in [-0.39, 0.29) is 12.8 Å². The van der Waals surface area contributed by atoms with Gasteiger partial charge < -0.3 is 21.1 Å². The Hall–Kier alpha value is -2.05. The van der Waals surface area contributed by atoms with E-state index in [9.17, 15) is 19.5 Å². The topological polar surface area (TPSA) is 140 Å². The summed E-state index contributed by atoms with van der Waals surface area (Å²) in [7, 11) is 0. The van der Waals surface area contributed by atoms with Gasteiger partial charge in [-0.25, -0.2) is 4.79 Å². The monoisotopic (exact) mass is 283 g/mol. The van der Waals surface area contributed by atoms with Crippen molar-refractivity contribution >= 4 is 23.9 Å². The molecule has 0 aromatic rings. The average Bonchev–Trinajstić information content (AvgIpc) is 2.82. The maximum Gasteiger partial charge on any atom is 0.326 e. The second-order valence-electron chi connectivity index (χ2n) is 4.85. The van der Waals surface area contributed by atoms with E-state index in [0.717, 1.165) is 0 Å². The van der Waals surface area contributed by atoms with Gasteiger partial charge in [0.05, 0.1) is 0 Å². The van der Waals surface area contributed by atoms with Crippen LogP contribution in [0.5, 0.6) is 0 Å². The number of nitrogens with one attached hydrogen (secondary N) is 1. The lowest BCUT2D eigenvalue weighted by Crippen LogP contribution is -2.51. The molecule has 1 rings (SSSR count). The number of carboxylic acids is 1. The molecular weight excluding hydrogens is 266 g/mol.